The van der Waals surface area contributed by atoms with Crippen LogP contribution in [0, 0.1) is 0 Å². The van der Waals surface area contributed by atoms with Crippen molar-refractivity contribution in [3.8, 4) is 0 Å². The quantitative estimate of drug-likeness (QED) is 0.853. The number of thioether (sulfide) groups is 1. The Morgan fingerprint density at radius 2 is 2.05 bits per heavy atom. The van der Waals surface area contributed by atoms with E-state index in [0.717, 1.165) is 21.9 Å². The molecule has 0 aliphatic carbocycles. The topological polar surface area (TPSA) is 55.1 Å². The third kappa shape index (κ3) is 4.29. The van der Waals surface area contributed by atoms with E-state index >= 15 is 0 Å². The van der Waals surface area contributed by atoms with Crippen molar-refractivity contribution < 1.29 is 18.7 Å². The van der Waals surface area contributed by atoms with Gasteiger partial charge in [0.15, 0.2) is 0 Å². The van der Waals surface area contributed by atoms with Crippen LogP contribution >= 0.6 is 11.8 Å². The van der Waals surface area contributed by atoms with Crippen molar-refractivity contribution in [3.63, 3.8) is 0 Å². The van der Waals surface area contributed by atoms with Crippen molar-refractivity contribution in [2.45, 2.75) is 24.0 Å². The molecular formula is C14H14F2N2O2S. The molecule has 1 aromatic carbocycles. The largest absolute Gasteiger partial charge is 0.480 e. The van der Waals surface area contributed by atoms with E-state index in [2.05, 4.69) is 4.98 Å². The fourth-order valence-corrected chi connectivity index (χ4v) is 2.88. The lowest BCUT2D eigenvalue weighted by Crippen LogP contribution is -2.20. The van der Waals surface area contributed by atoms with Crippen LogP contribution < -0.4 is 0 Å². The summed E-state index contributed by atoms with van der Waals surface area (Å²) in [6, 6.07) is 9.21. The average Bonchev–Trinajstić information content (AvgIpc) is 2.93. The number of halogens is 2. The second-order valence-corrected chi connectivity index (χ2v) is 5.55. The molecule has 0 radical (unpaired) electrons. The van der Waals surface area contributed by atoms with Gasteiger partial charge in [-0.3, -0.25) is 9.36 Å². The van der Waals surface area contributed by atoms with E-state index in [1.54, 1.807) is 0 Å². The number of carboxylic acids is 1. The second kappa shape index (κ2) is 7.21. The maximum Gasteiger partial charge on any atom is 0.319 e. The Hall–Kier alpha value is -1.89. The van der Waals surface area contributed by atoms with E-state index in [0.29, 0.717) is 6.42 Å². The van der Waals surface area contributed by atoms with Crippen molar-refractivity contribution in [2.75, 3.05) is 0 Å². The Bertz CT molecular complexity index is 590. The number of rotatable bonds is 7. The number of hydrogen-bond donors (Lipinski definition) is 1. The van der Waals surface area contributed by atoms with Crippen LogP contribution in [0.5, 0.6) is 0 Å². The first-order valence-corrected chi connectivity index (χ1v) is 7.31. The third-order valence-corrected chi connectivity index (χ3v) is 4.11. The molecule has 21 heavy (non-hydrogen) atoms. The molecule has 0 saturated heterocycles. The van der Waals surface area contributed by atoms with Crippen LogP contribution in [0.1, 0.15) is 17.9 Å². The molecule has 1 N–H and O–H groups in total. The molecular weight excluding hydrogens is 298 g/mol. The minimum Gasteiger partial charge on any atom is -0.480 e. The summed E-state index contributed by atoms with van der Waals surface area (Å²) >= 11 is 1.10. The maximum atomic E-state index is 12.7. The highest BCUT2D eigenvalue weighted by Gasteiger charge is 2.20. The Kier molecular flexibility index (Phi) is 5.32. The van der Waals surface area contributed by atoms with Crippen LogP contribution in [-0.4, -0.2) is 25.9 Å². The van der Waals surface area contributed by atoms with Crippen molar-refractivity contribution in [1.29, 1.82) is 0 Å². The molecule has 0 bridgehead atoms. The van der Waals surface area contributed by atoms with Crippen LogP contribution in [0.15, 0.2) is 42.7 Å². The SMILES string of the molecule is O=C(O)C(Cc1ccccc1)SCc1nccn1C(F)F. The summed E-state index contributed by atoms with van der Waals surface area (Å²) in [5, 5.41) is 8.55. The summed E-state index contributed by atoms with van der Waals surface area (Å²) in [6.07, 6.45) is 2.82. The van der Waals surface area contributed by atoms with Gasteiger partial charge in [-0.25, -0.2) is 4.98 Å². The maximum absolute atomic E-state index is 12.7. The minimum absolute atomic E-state index is 0.126. The van der Waals surface area contributed by atoms with Gasteiger partial charge >= 0.3 is 12.5 Å². The number of alkyl halides is 2. The van der Waals surface area contributed by atoms with Crippen LogP contribution in [0.25, 0.3) is 0 Å². The van der Waals surface area contributed by atoms with E-state index in [4.69, 9.17) is 0 Å². The van der Waals surface area contributed by atoms with Crippen molar-refractivity contribution in [3.05, 3.63) is 54.1 Å². The first-order valence-electron chi connectivity index (χ1n) is 6.26. The normalized spacial score (nSPS) is 12.5. The summed E-state index contributed by atoms with van der Waals surface area (Å²) in [6.45, 7) is -2.67. The standard InChI is InChI=1S/C14H14F2N2O2S/c15-14(16)18-7-6-17-12(18)9-21-11(13(19)20)8-10-4-2-1-3-5-10/h1-7,11,14H,8-9H2,(H,19,20). The lowest BCUT2D eigenvalue weighted by Gasteiger charge is -2.12. The molecule has 2 rings (SSSR count). The lowest BCUT2D eigenvalue weighted by molar-refractivity contribution is -0.136. The number of aromatic nitrogens is 2. The zero-order valence-corrected chi connectivity index (χ0v) is 11.8. The van der Waals surface area contributed by atoms with Gasteiger partial charge in [0.05, 0.1) is 5.75 Å². The van der Waals surface area contributed by atoms with E-state index in [9.17, 15) is 18.7 Å². The first-order chi connectivity index (χ1) is 10.1. The van der Waals surface area contributed by atoms with E-state index in [1.165, 1.54) is 12.4 Å². The number of carbonyl (C=O) groups is 1. The molecule has 0 saturated carbocycles. The number of nitrogens with zero attached hydrogens (tertiary/aromatic N) is 2. The molecule has 1 heterocycles. The van der Waals surface area contributed by atoms with Crippen LogP contribution in [-0.2, 0) is 17.0 Å². The molecule has 1 unspecified atom stereocenters. The first kappa shape index (κ1) is 15.5. The third-order valence-electron chi connectivity index (χ3n) is 2.91. The molecule has 1 atom stereocenters. The van der Waals surface area contributed by atoms with Gasteiger partial charge in [0.25, 0.3) is 0 Å². The Balaban J connectivity index is 2.00. The van der Waals surface area contributed by atoms with Crippen LogP contribution in [0.3, 0.4) is 0 Å². The van der Waals surface area contributed by atoms with E-state index in [-0.39, 0.29) is 11.6 Å². The van der Waals surface area contributed by atoms with E-state index < -0.39 is 17.8 Å². The molecule has 0 spiro atoms. The summed E-state index contributed by atoms with van der Waals surface area (Å²) < 4.78 is 26.1. The average molecular weight is 312 g/mol. The van der Waals surface area contributed by atoms with Gasteiger partial charge in [-0.2, -0.15) is 8.78 Å². The molecule has 0 fully saturated rings. The summed E-state index contributed by atoms with van der Waals surface area (Å²) in [5.41, 5.74) is 0.898. The molecule has 4 nitrogen and oxygen atoms in total. The van der Waals surface area contributed by atoms with Gasteiger partial charge in [-0.05, 0) is 12.0 Å². The molecule has 2 aromatic rings. The lowest BCUT2D eigenvalue weighted by atomic mass is 10.1. The monoisotopic (exact) mass is 312 g/mol. The van der Waals surface area contributed by atoms with Gasteiger partial charge in [-0.1, -0.05) is 30.3 Å². The predicted molar refractivity (Wildman–Crippen MR) is 76.3 cm³/mol. The molecule has 0 aliphatic heterocycles. The Labute approximate surface area is 124 Å². The van der Waals surface area contributed by atoms with Gasteiger partial charge in [-0.15, -0.1) is 11.8 Å². The van der Waals surface area contributed by atoms with Crippen molar-refractivity contribution in [2.24, 2.45) is 0 Å². The Morgan fingerprint density at radius 3 is 2.67 bits per heavy atom. The van der Waals surface area contributed by atoms with Crippen molar-refractivity contribution in [1.82, 2.24) is 9.55 Å². The highest BCUT2D eigenvalue weighted by Crippen LogP contribution is 2.23. The van der Waals surface area contributed by atoms with Gasteiger partial charge in [0.1, 0.15) is 11.1 Å². The van der Waals surface area contributed by atoms with Gasteiger partial charge in [0.2, 0.25) is 0 Å². The molecule has 1 aromatic heterocycles. The zero-order valence-electron chi connectivity index (χ0n) is 11.0. The fraction of sp³-hybridized carbons (Fsp3) is 0.286. The predicted octanol–water partition coefficient (Wildman–Crippen LogP) is 3.21. The van der Waals surface area contributed by atoms with Crippen LogP contribution in [0.4, 0.5) is 8.78 Å². The number of benzene rings is 1. The van der Waals surface area contributed by atoms with Gasteiger partial charge < -0.3 is 5.11 Å². The fourth-order valence-electron chi connectivity index (χ4n) is 1.85. The summed E-state index contributed by atoms with van der Waals surface area (Å²) in [7, 11) is 0. The molecule has 0 amide bonds. The molecule has 0 aliphatic rings. The smallest absolute Gasteiger partial charge is 0.319 e. The minimum atomic E-state index is -2.67. The molecule has 7 heteroatoms. The van der Waals surface area contributed by atoms with Crippen LogP contribution in [0.2, 0.25) is 0 Å². The number of carboxylic acid groups (broad SMARTS) is 1. The Morgan fingerprint density at radius 1 is 1.33 bits per heavy atom. The molecule has 112 valence electrons. The van der Waals surface area contributed by atoms with Crippen molar-refractivity contribution >= 4 is 17.7 Å². The van der Waals surface area contributed by atoms with E-state index in [1.807, 2.05) is 30.3 Å². The highest BCUT2D eigenvalue weighted by atomic mass is 32.2. The van der Waals surface area contributed by atoms with Gasteiger partial charge in [0, 0.05) is 12.4 Å². The number of imidazole rings is 1. The summed E-state index contributed by atoms with van der Waals surface area (Å²) in [5.74, 6) is -0.658. The summed E-state index contributed by atoms with van der Waals surface area (Å²) in [4.78, 5) is 15.1. The second-order valence-electron chi connectivity index (χ2n) is 4.36. The number of hydrogen-bond acceptors (Lipinski definition) is 3. The highest BCUT2D eigenvalue weighted by molar-refractivity contribution is 7.99. The zero-order chi connectivity index (χ0) is 15.2. The number of aliphatic carboxylic acids is 1.